The van der Waals surface area contributed by atoms with Crippen LogP contribution in [0.25, 0.3) is 0 Å². The van der Waals surface area contributed by atoms with Gasteiger partial charge in [-0.3, -0.25) is 9.59 Å². The minimum atomic E-state index is -4.64. The lowest BCUT2D eigenvalue weighted by atomic mass is 10.2. The summed E-state index contributed by atoms with van der Waals surface area (Å²) in [7, 11) is -4.64. The Kier molecular flexibility index (Phi) is 7.15. The van der Waals surface area contributed by atoms with Gasteiger partial charge in [-0.25, -0.2) is 4.57 Å². The molecule has 0 aliphatic heterocycles. The lowest BCUT2D eigenvalue weighted by Crippen LogP contribution is -2.34. The van der Waals surface area contributed by atoms with Gasteiger partial charge >= 0.3 is 13.8 Å². The molecule has 0 spiro atoms. The minimum Gasteiger partial charge on any atom is -0.480 e. The molecule has 9 nitrogen and oxygen atoms in total. The Morgan fingerprint density at radius 3 is 1.64 bits per heavy atom. The van der Waals surface area contributed by atoms with Gasteiger partial charge in [0.1, 0.15) is 6.04 Å². The summed E-state index contributed by atoms with van der Waals surface area (Å²) >= 11 is 0. The number of hydrogen-bond donors (Lipinski definition) is 6. The van der Waals surface area contributed by atoms with Gasteiger partial charge in [-0.2, -0.15) is 0 Å². The Labute approximate surface area is 78.6 Å². The summed E-state index contributed by atoms with van der Waals surface area (Å²) in [4.78, 5) is 41.5. The number of aliphatic carboxylic acids is 1. The summed E-state index contributed by atoms with van der Waals surface area (Å²) in [5.74, 6) is -1.92. The lowest BCUT2D eigenvalue weighted by Gasteiger charge is -1.99. The quantitative estimate of drug-likeness (QED) is 0.283. The van der Waals surface area contributed by atoms with Crippen molar-refractivity contribution in [3.05, 3.63) is 0 Å². The number of amides is 1. The Bertz CT molecular complexity index is 240. The molecule has 0 heterocycles. The first-order valence-electron chi connectivity index (χ1n) is 3.09. The maximum atomic E-state index is 9.99. The highest BCUT2D eigenvalue weighted by Gasteiger charge is 2.13. The van der Waals surface area contributed by atoms with Gasteiger partial charge in [0.05, 0.1) is 6.42 Å². The molecule has 1 amide bonds. The molecule has 0 saturated heterocycles. The average Bonchev–Trinajstić information content (AvgIpc) is 1.80. The third-order valence-corrected chi connectivity index (χ3v) is 0.738. The molecule has 0 aliphatic rings. The number of rotatable bonds is 3. The monoisotopic (exact) mass is 230 g/mol. The maximum absolute atomic E-state index is 9.99. The van der Waals surface area contributed by atoms with Crippen molar-refractivity contribution in [2.24, 2.45) is 11.5 Å². The summed E-state index contributed by atoms with van der Waals surface area (Å²) in [6, 6.07) is -1.16. The summed E-state index contributed by atoms with van der Waals surface area (Å²) < 4.78 is 8.88. The van der Waals surface area contributed by atoms with E-state index in [0.29, 0.717) is 0 Å². The van der Waals surface area contributed by atoms with Crippen LogP contribution in [-0.4, -0.2) is 37.7 Å². The van der Waals surface area contributed by atoms with E-state index >= 15 is 0 Å². The smallest absolute Gasteiger partial charge is 0.466 e. The Morgan fingerprint density at radius 1 is 1.29 bits per heavy atom. The Morgan fingerprint density at radius 2 is 1.57 bits per heavy atom. The number of hydrogen-bond acceptors (Lipinski definition) is 4. The minimum absolute atomic E-state index is 0.310. The van der Waals surface area contributed by atoms with Crippen LogP contribution >= 0.6 is 7.82 Å². The number of carbonyl (C=O) groups excluding carboxylic acids is 1. The molecule has 0 radical (unpaired) electrons. The number of phosphoric acid groups is 1. The number of carboxylic acids is 1. The molecule has 84 valence electrons. The zero-order chi connectivity index (χ0) is 11.9. The molecule has 8 N–H and O–H groups in total. The van der Waals surface area contributed by atoms with Gasteiger partial charge in [0, 0.05) is 0 Å². The van der Waals surface area contributed by atoms with Crippen molar-refractivity contribution in [1.29, 1.82) is 0 Å². The van der Waals surface area contributed by atoms with Crippen molar-refractivity contribution < 1.29 is 33.9 Å². The van der Waals surface area contributed by atoms with E-state index in [-0.39, 0.29) is 6.42 Å². The Hall–Kier alpha value is -0.990. The SMILES string of the molecule is NC(=O)C[C@H](N)C(=O)O.O=P(O)(O)O. The van der Waals surface area contributed by atoms with Crippen LogP contribution in [0, 0.1) is 0 Å². The second-order valence-electron chi connectivity index (χ2n) is 2.13. The number of carboxylic acid groups (broad SMARTS) is 1. The molecule has 0 aromatic carbocycles. The van der Waals surface area contributed by atoms with E-state index in [9.17, 15) is 9.59 Å². The number of nitrogens with two attached hydrogens (primary N) is 2. The van der Waals surface area contributed by atoms with Gasteiger partial charge in [0.2, 0.25) is 5.91 Å². The number of primary amides is 1. The topological polar surface area (TPSA) is 184 Å². The molecule has 14 heavy (non-hydrogen) atoms. The van der Waals surface area contributed by atoms with Gasteiger partial charge in [0.25, 0.3) is 0 Å². The molecule has 10 heteroatoms. The molecule has 0 fully saturated rings. The van der Waals surface area contributed by atoms with Crippen LogP contribution in [0.3, 0.4) is 0 Å². The van der Waals surface area contributed by atoms with E-state index in [1.54, 1.807) is 0 Å². The van der Waals surface area contributed by atoms with Crippen molar-refractivity contribution >= 4 is 19.7 Å². The fourth-order valence-corrected chi connectivity index (χ4v) is 0.304. The van der Waals surface area contributed by atoms with E-state index in [4.69, 9.17) is 30.1 Å². The van der Waals surface area contributed by atoms with Crippen LogP contribution in [0.4, 0.5) is 0 Å². The summed E-state index contributed by atoms with van der Waals surface area (Å²) in [6.07, 6.45) is -0.310. The molecule has 0 aromatic rings. The zero-order valence-electron chi connectivity index (χ0n) is 6.90. The molecular weight excluding hydrogens is 219 g/mol. The van der Waals surface area contributed by atoms with Gasteiger partial charge in [-0.05, 0) is 0 Å². The van der Waals surface area contributed by atoms with Crippen molar-refractivity contribution in [1.82, 2.24) is 0 Å². The third kappa shape index (κ3) is 22.5. The second-order valence-corrected chi connectivity index (χ2v) is 3.15. The van der Waals surface area contributed by atoms with Crippen LogP contribution in [0.5, 0.6) is 0 Å². The molecule has 0 rings (SSSR count). The largest absolute Gasteiger partial charge is 0.480 e. The second kappa shape index (κ2) is 6.46. The standard InChI is InChI=1S/C4H8N2O3.H3O4P/c5-2(4(8)9)1-3(6)7;1-5(2,3)4/h2H,1,5H2,(H2,6,7)(H,8,9);(H3,1,2,3,4)/t2-;/m0./s1. The van der Waals surface area contributed by atoms with Crippen molar-refractivity contribution in [2.75, 3.05) is 0 Å². The van der Waals surface area contributed by atoms with Gasteiger partial charge in [-0.15, -0.1) is 0 Å². The summed E-state index contributed by atoms with van der Waals surface area (Å²) in [6.45, 7) is 0. The van der Waals surface area contributed by atoms with E-state index in [2.05, 4.69) is 5.73 Å². The first-order valence-corrected chi connectivity index (χ1v) is 4.65. The van der Waals surface area contributed by atoms with E-state index in [1.807, 2.05) is 0 Å². The molecule has 1 atom stereocenters. The normalized spacial score (nSPS) is 12.3. The number of carbonyl (C=O) groups is 2. The van der Waals surface area contributed by atoms with Crippen LogP contribution in [0.1, 0.15) is 6.42 Å². The molecule has 0 unspecified atom stereocenters. The first kappa shape index (κ1) is 15.5. The predicted octanol–water partition coefficient (Wildman–Crippen LogP) is -2.65. The fourth-order valence-electron chi connectivity index (χ4n) is 0.304. The van der Waals surface area contributed by atoms with Crippen molar-refractivity contribution in [3.63, 3.8) is 0 Å². The predicted molar refractivity (Wildman–Crippen MR) is 43.7 cm³/mol. The third-order valence-electron chi connectivity index (χ3n) is 0.738. The van der Waals surface area contributed by atoms with Crippen molar-refractivity contribution in [2.45, 2.75) is 12.5 Å². The van der Waals surface area contributed by atoms with Crippen molar-refractivity contribution in [3.8, 4) is 0 Å². The van der Waals surface area contributed by atoms with Crippen LogP contribution < -0.4 is 11.5 Å². The zero-order valence-corrected chi connectivity index (χ0v) is 7.79. The van der Waals surface area contributed by atoms with Crippen LogP contribution in [0.2, 0.25) is 0 Å². The highest BCUT2D eigenvalue weighted by Crippen LogP contribution is 2.25. The molecule has 0 aliphatic carbocycles. The maximum Gasteiger partial charge on any atom is 0.466 e. The lowest BCUT2D eigenvalue weighted by molar-refractivity contribution is -0.140. The van der Waals surface area contributed by atoms with Crippen LogP contribution in [0.15, 0.2) is 0 Å². The Balaban J connectivity index is 0. The van der Waals surface area contributed by atoms with E-state index in [0.717, 1.165) is 0 Å². The molecule has 0 saturated carbocycles. The highest BCUT2D eigenvalue weighted by molar-refractivity contribution is 7.45. The van der Waals surface area contributed by atoms with Gasteiger partial charge in [-0.1, -0.05) is 0 Å². The van der Waals surface area contributed by atoms with Gasteiger partial charge in [0.15, 0.2) is 0 Å². The van der Waals surface area contributed by atoms with E-state index < -0.39 is 25.7 Å². The highest BCUT2D eigenvalue weighted by atomic mass is 31.2. The van der Waals surface area contributed by atoms with Gasteiger partial charge < -0.3 is 31.3 Å². The van der Waals surface area contributed by atoms with E-state index in [1.165, 1.54) is 0 Å². The fraction of sp³-hybridized carbons (Fsp3) is 0.500. The first-order chi connectivity index (χ1) is 6.04. The van der Waals surface area contributed by atoms with Crippen LogP contribution in [-0.2, 0) is 14.2 Å². The average molecular weight is 230 g/mol. The summed E-state index contributed by atoms with van der Waals surface area (Å²) in [5, 5.41) is 8.10. The molecule has 0 aromatic heterocycles. The molecule has 0 bridgehead atoms. The summed E-state index contributed by atoms with van der Waals surface area (Å²) in [5.41, 5.74) is 9.57. The molecular formula is C4H11N2O7P.